The minimum atomic E-state index is -0.828. The third-order valence-corrected chi connectivity index (χ3v) is 5.93. The Balaban J connectivity index is 2.12. The molecule has 6 N–H and O–H groups in total. The number of hydrogen-bond acceptors (Lipinski definition) is 5. The molecule has 0 fully saturated rings. The van der Waals surface area contributed by atoms with Crippen LogP contribution >= 0.6 is 0 Å². The molecule has 0 radical (unpaired) electrons. The minimum absolute atomic E-state index is 0.145. The van der Waals surface area contributed by atoms with Gasteiger partial charge in [0.15, 0.2) is 0 Å². The third kappa shape index (κ3) is 5.21. The number of benzene rings is 1. The number of aromatic amines is 1. The Morgan fingerprint density at radius 1 is 1.03 bits per heavy atom. The molecule has 0 bridgehead atoms. The van der Waals surface area contributed by atoms with Crippen molar-refractivity contribution in [2.24, 2.45) is 16.6 Å². The third-order valence-electron chi connectivity index (χ3n) is 5.93. The summed E-state index contributed by atoms with van der Waals surface area (Å²) in [5.74, 6) is -1.58. The van der Waals surface area contributed by atoms with E-state index in [0.717, 1.165) is 0 Å². The molecule has 3 aromatic rings. The van der Waals surface area contributed by atoms with Gasteiger partial charge in [0, 0.05) is 24.1 Å². The van der Waals surface area contributed by atoms with E-state index in [0.29, 0.717) is 21.8 Å². The molecule has 0 saturated carbocycles. The number of hydrogen-bond donors (Lipinski definition) is 5. The lowest BCUT2D eigenvalue weighted by molar-refractivity contribution is -0.132. The molecule has 0 aliphatic rings. The predicted octanol–water partition coefficient (Wildman–Crippen LogP) is 3.06. The molecule has 0 saturated heterocycles. The van der Waals surface area contributed by atoms with Gasteiger partial charge in [-0.2, -0.15) is 0 Å². The normalized spacial score (nSPS) is 13.9. The number of nitrogens with zero attached hydrogens (tertiary/aromatic N) is 1. The molecule has 3 rings (SSSR count). The summed E-state index contributed by atoms with van der Waals surface area (Å²) in [7, 11) is 1.52. The zero-order chi connectivity index (χ0) is 26.3. The molecule has 0 aliphatic heterocycles. The second-order valence-corrected chi connectivity index (χ2v) is 10.8. The molecule has 2 atom stereocenters. The van der Waals surface area contributed by atoms with Crippen LogP contribution in [0.2, 0.25) is 0 Å². The van der Waals surface area contributed by atoms with Gasteiger partial charge in [0.05, 0.1) is 16.5 Å². The zero-order valence-electron chi connectivity index (χ0n) is 21.1. The van der Waals surface area contributed by atoms with E-state index in [-0.39, 0.29) is 17.3 Å². The van der Waals surface area contributed by atoms with Crippen molar-refractivity contribution < 1.29 is 18.8 Å². The smallest absolute Gasteiger partial charge is 0.252 e. The van der Waals surface area contributed by atoms with Crippen molar-refractivity contribution in [2.45, 2.75) is 53.6 Å². The van der Waals surface area contributed by atoms with Crippen LogP contribution in [-0.4, -0.2) is 46.8 Å². The van der Waals surface area contributed by atoms with Gasteiger partial charge in [0.25, 0.3) is 5.91 Å². The lowest BCUT2D eigenvalue weighted by Crippen LogP contribution is -2.58. The number of likely N-dealkylation sites (N-methyl/N-ethyl adjacent to an activating group) is 1. The second kappa shape index (κ2) is 9.16. The van der Waals surface area contributed by atoms with Crippen molar-refractivity contribution in [3.05, 3.63) is 35.8 Å². The Kier molecular flexibility index (Phi) is 6.79. The first-order valence-electron chi connectivity index (χ1n) is 11.3. The molecular weight excluding hydrogens is 451 g/mol. The Bertz CT molecular complexity index is 1300. The number of pyridine rings is 1. The monoisotopic (exact) mass is 484 g/mol. The summed E-state index contributed by atoms with van der Waals surface area (Å²) in [6.07, 6.45) is 1.32. The summed E-state index contributed by atoms with van der Waals surface area (Å²) in [4.78, 5) is 45.5. The van der Waals surface area contributed by atoms with Crippen LogP contribution < -0.4 is 21.7 Å². The highest BCUT2D eigenvalue weighted by molar-refractivity contribution is 6.18. The largest absolute Gasteiger partial charge is 0.365 e. The number of aromatic nitrogens is 2. The van der Waals surface area contributed by atoms with Crippen molar-refractivity contribution in [3.63, 3.8) is 0 Å². The predicted molar refractivity (Wildman–Crippen MR) is 134 cm³/mol. The quantitative estimate of drug-likeness (QED) is 0.366. The molecule has 2 aromatic heterocycles. The van der Waals surface area contributed by atoms with E-state index in [9.17, 15) is 18.8 Å². The van der Waals surface area contributed by atoms with Crippen molar-refractivity contribution in [1.82, 2.24) is 20.6 Å². The van der Waals surface area contributed by atoms with Gasteiger partial charge < -0.3 is 26.7 Å². The van der Waals surface area contributed by atoms with Crippen LogP contribution in [0.1, 0.15) is 51.9 Å². The molecule has 1 aromatic carbocycles. The average molecular weight is 485 g/mol. The van der Waals surface area contributed by atoms with Gasteiger partial charge in [-0.1, -0.05) is 41.5 Å². The van der Waals surface area contributed by atoms with Crippen LogP contribution in [0, 0.1) is 16.6 Å². The van der Waals surface area contributed by atoms with Crippen LogP contribution in [-0.2, 0) is 9.59 Å². The van der Waals surface area contributed by atoms with Crippen LogP contribution in [0.5, 0.6) is 0 Å². The van der Waals surface area contributed by atoms with E-state index >= 15 is 0 Å². The summed E-state index contributed by atoms with van der Waals surface area (Å²) >= 11 is 0. The van der Waals surface area contributed by atoms with E-state index in [2.05, 4.69) is 25.9 Å². The molecule has 0 aliphatic carbocycles. The molecule has 9 nitrogen and oxygen atoms in total. The number of fused-ring (bicyclic) bond motifs is 3. The lowest BCUT2D eigenvalue weighted by Gasteiger charge is -2.35. The van der Waals surface area contributed by atoms with Gasteiger partial charge >= 0.3 is 0 Å². The maximum Gasteiger partial charge on any atom is 0.252 e. The Hall–Kier alpha value is -3.69. The van der Waals surface area contributed by atoms with Crippen LogP contribution in [0.25, 0.3) is 21.8 Å². The molecular formula is C25H33FN6O3. The van der Waals surface area contributed by atoms with Gasteiger partial charge in [0.1, 0.15) is 23.7 Å². The van der Waals surface area contributed by atoms with Crippen LogP contribution in [0.4, 0.5) is 10.2 Å². The number of primary amides is 1. The summed E-state index contributed by atoms with van der Waals surface area (Å²) in [5.41, 5.74) is 5.52. The van der Waals surface area contributed by atoms with E-state index < -0.39 is 40.5 Å². The highest BCUT2D eigenvalue weighted by Crippen LogP contribution is 2.35. The fourth-order valence-corrected chi connectivity index (χ4v) is 4.02. The lowest BCUT2D eigenvalue weighted by atomic mass is 9.83. The molecule has 188 valence electrons. The van der Waals surface area contributed by atoms with Crippen molar-refractivity contribution in [1.29, 1.82) is 0 Å². The Morgan fingerprint density at radius 3 is 2.20 bits per heavy atom. The first-order chi connectivity index (χ1) is 16.1. The standard InChI is InChI=1S/C25H33FN6O3/c1-24(2,3)18(22(34)28-7)32-23(35)19(25(4,5)6)31-21-16-13-10-12(26)8-9-15(13)30-17(16)14(11-29-21)20(27)33/h8-11,18-19,30H,1-7H3,(H2,27,33)(H,28,34)(H,29,31)(H,32,35)/t18-,19+/m1/s1. The fraction of sp³-hybridized carbons (Fsp3) is 0.440. The van der Waals surface area contributed by atoms with Gasteiger partial charge in [-0.05, 0) is 29.0 Å². The molecule has 35 heavy (non-hydrogen) atoms. The SMILES string of the molecule is CNC(=O)[C@@H](NC(=O)[C@H](Nc1ncc(C(N)=O)c2[nH]c3ccc(F)cc3c12)C(C)(C)C)C(C)(C)C. The van der Waals surface area contributed by atoms with Gasteiger partial charge in [0.2, 0.25) is 11.8 Å². The number of anilines is 1. The van der Waals surface area contributed by atoms with Gasteiger partial charge in [-0.25, -0.2) is 9.37 Å². The number of halogens is 1. The summed E-state index contributed by atoms with van der Waals surface area (Å²) in [6.45, 7) is 11.2. The highest BCUT2D eigenvalue weighted by Gasteiger charge is 2.38. The summed E-state index contributed by atoms with van der Waals surface area (Å²) < 4.78 is 14.1. The number of carbonyl (C=O) groups excluding carboxylic acids is 3. The number of H-pyrrole nitrogens is 1. The number of rotatable bonds is 6. The minimum Gasteiger partial charge on any atom is -0.365 e. The maximum absolute atomic E-state index is 14.1. The molecule has 3 amide bonds. The Morgan fingerprint density at radius 2 is 1.66 bits per heavy atom. The number of amides is 3. The van der Waals surface area contributed by atoms with Crippen molar-refractivity contribution in [2.75, 3.05) is 12.4 Å². The van der Waals surface area contributed by atoms with Gasteiger partial charge in [-0.15, -0.1) is 0 Å². The van der Waals surface area contributed by atoms with Gasteiger partial charge in [-0.3, -0.25) is 14.4 Å². The number of nitrogens with one attached hydrogen (secondary N) is 4. The summed E-state index contributed by atoms with van der Waals surface area (Å²) in [5, 5.41) is 9.59. The highest BCUT2D eigenvalue weighted by atomic mass is 19.1. The average Bonchev–Trinajstić information content (AvgIpc) is 3.12. The molecule has 0 spiro atoms. The molecule has 10 heteroatoms. The number of carbonyl (C=O) groups is 3. The van der Waals surface area contributed by atoms with Crippen molar-refractivity contribution >= 4 is 45.3 Å². The van der Waals surface area contributed by atoms with E-state index in [4.69, 9.17) is 5.73 Å². The topological polar surface area (TPSA) is 142 Å². The molecule has 0 unspecified atom stereocenters. The van der Waals surface area contributed by atoms with E-state index in [1.807, 2.05) is 41.5 Å². The summed E-state index contributed by atoms with van der Waals surface area (Å²) in [6, 6.07) is 2.59. The Labute approximate surface area is 203 Å². The first kappa shape index (κ1) is 25.9. The van der Waals surface area contributed by atoms with Crippen molar-refractivity contribution in [3.8, 4) is 0 Å². The van der Waals surface area contributed by atoms with Crippen LogP contribution in [0.15, 0.2) is 24.4 Å². The second-order valence-electron chi connectivity index (χ2n) is 10.8. The first-order valence-corrected chi connectivity index (χ1v) is 11.3. The maximum atomic E-state index is 14.1. The van der Waals surface area contributed by atoms with E-state index in [1.54, 1.807) is 6.07 Å². The fourth-order valence-electron chi connectivity index (χ4n) is 4.02. The zero-order valence-corrected chi connectivity index (χ0v) is 21.1. The molecule has 2 heterocycles. The van der Waals surface area contributed by atoms with Crippen LogP contribution in [0.3, 0.4) is 0 Å². The van der Waals surface area contributed by atoms with E-state index in [1.165, 1.54) is 25.4 Å². The number of nitrogens with two attached hydrogens (primary N) is 1.